The molecular formula is C17H30F2IN5. The number of imidazole rings is 1. The lowest BCUT2D eigenvalue weighted by atomic mass is 9.86. The van der Waals surface area contributed by atoms with Crippen LogP contribution in [0, 0.1) is 5.92 Å². The highest BCUT2D eigenvalue weighted by Gasteiger charge is 2.13. The third-order valence-electron chi connectivity index (χ3n) is 4.49. The third kappa shape index (κ3) is 7.87. The van der Waals surface area contributed by atoms with E-state index in [1.807, 2.05) is 6.92 Å². The van der Waals surface area contributed by atoms with Crippen LogP contribution in [0.2, 0.25) is 0 Å². The second kappa shape index (κ2) is 12.4. The van der Waals surface area contributed by atoms with Crippen molar-refractivity contribution in [3.05, 3.63) is 18.2 Å². The van der Waals surface area contributed by atoms with Crippen LogP contribution >= 0.6 is 24.0 Å². The molecular weight excluding hydrogens is 439 g/mol. The second-order valence-electron chi connectivity index (χ2n) is 6.30. The molecule has 0 unspecified atom stereocenters. The molecule has 0 bridgehead atoms. The van der Waals surface area contributed by atoms with Crippen molar-refractivity contribution in [2.45, 2.75) is 65.0 Å². The van der Waals surface area contributed by atoms with Gasteiger partial charge in [0.2, 0.25) is 0 Å². The van der Waals surface area contributed by atoms with Gasteiger partial charge in [-0.2, -0.15) is 8.78 Å². The molecule has 1 aromatic heterocycles. The summed E-state index contributed by atoms with van der Waals surface area (Å²) in [6.07, 6.45) is 11.9. The van der Waals surface area contributed by atoms with Crippen LogP contribution in [0.25, 0.3) is 0 Å². The quantitative estimate of drug-likeness (QED) is 0.258. The fourth-order valence-electron chi connectivity index (χ4n) is 3.21. The molecule has 0 saturated heterocycles. The zero-order chi connectivity index (χ0) is 17.2. The van der Waals surface area contributed by atoms with Crippen LogP contribution in [0.5, 0.6) is 0 Å². The number of halogens is 3. The molecule has 1 aliphatic rings. The van der Waals surface area contributed by atoms with Crippen LogP contribution in [0.1, 0.15) is 64.2 Å². The zero-order valence-electron chi connectivity index (χ0n) is 14.9. The average Bonchev–Trinajstić information content (AvgIpc) is 3.06. The van der Waals surface area contributed by atoms with Gasteiger partial charge in [0, 0.05) is 25.5 Å². The number of aromatic nitrogens is 2. The Morgan fingerprint density at radius 1 is 1.32 bits per heavy atom. The largest absolute Gasteiger partial charge is 0.357 e. The lowest BCUT2D eigenvalue weighted by Gasteiger charge is -2.21. The summed E-state index contributed by atoms with van der Waals surface area (Å²) in [7, 11) is 0. The molecule has 0 aliphatic heterocycles. The first kappa shape index (κ1) is 22.1. The third-order valence-corrected chi connectivity index (χ3v) is 4.49. The molecule has 25 heavy (non-hydrogen) atoms. The molecule has 0 atom stereocenters. The standard InChI is InChI=1S/C17H29F2N5.HI/c1-2-20-17(22-10-6-9-14-7-4-3-5-8-14)23-13-15-21-11-12-24(15)16(18)19;/h11-12,14,16H,2-10,13H2,1H3,(H2,20,22,23);1H. The monoisotopic (exact) mass is 469 g/mol. The van der Waals surface area contributed by atoms with E-state index in [-0.39, 0.29) is 36.3 Å². The Bertz CT molecular complexity index is 501. The first-order valence-corrected chi connectivity index (χ1v) is 9.02. The average molecular weight is 469 g/mol. The fourth-order valence-corrected chi connectivity index (χ4v) is 3.21. The van der Waals surface area contributed by atoms with E-state index in [1.54, 1.807) is 0 Å². The molecule has 5 nitrogen and oxygen atoms in total. The smallest absolute Gasteiger partial charge is 0.319 e. The van der Waals surface area contributed by atoms with E-state index in [9.17, 15) is 8.78 Å². The summed E-state index contributed by atoms with van der Waals surface area (Å²) in [5.74, 6) is 1.80. The van der Waals surface area contributed by atoms with E-state index in [4.69, 9.17) is 0 Å². The summed E-state index contributed by atoms with van der Waals surface area (Å²) in [6, 6.07) is 0. The topological polar surface area (TPSA) is 54.2 Å². The summed E-state index contributed by atoms with van der Waals surface area (Å²) >= 11 is 0. The van der Waals surface area contributed by atoms with Crippen molar-refractivity contribution in [1.29, 1.82) is 0 Å². The van der Waals surface area contributed by atoms with Gasteiger partial charge in [0.15, 0.2) is 5.96 Å². The Kier molecular flexibility index (Phi) is 11.0. The van der Waals surface area contributed by atoms with E-state index in [0.717, 1.165) is 30.0 Å². The minimum Gasteiger partial charge on any atom is -0.357 e. The van der Waals surface area contributed by atoms with E-state index in [0.29, 0.717) is 5.96 Å². The number of nitrogens with zero attached hydrogens (tertiary/aromatic N) is 3. The highest BCUT2D eigenvalue weighted by atomic mass is 127. The fraction of sp³-hybridized carbons (Fsp3) is 0.765. The molecule has 1 fully saturated rings. The Morgan fingerprint density at radius 3 is 2.76 bits per heavy atom. The van der Waals surface area contributed by atoms with Gasteiger partial charge in [-0.25, -0.2) is 9.98 Å². The minimum atomic E-state index is -2.58. The summed E-state index contributed by atoms with van der Waals surface area (Å²) in [6.45, 7) is 1.13. The molecule has 1 heterocycles. The first-order chi connectivity index (χ1) is 11.7. The van der Waals surface area contributed by atoms with Gasteiger partial charge in [0.25, 0.3) is 0 Å². The lowest BCUT2D eigenvalue weighted by Crippen LogP contribution is -2.38. The maximum atomic E-state index is 12.8. The predicted octanol–water partition coefficient (Wildman–Crippen LogP) is 4.31. The molecule has 2 rings (SSSR count). The van der Waals surface area contributed by atoms with E-state index in [1.165, 1.54) is 50.9 Å². The van der Waals surface area contributed by atoms with Crippen LogP contribution < -0.4 is 10.6 Å². The highest BCUT2D eigenvalue weighted by molar-refractivity contribution is 14.0. The van der Waals surface area contributed by atoms with Crippen LogP contribution in [0.4, 0.5) is 8.78 Å². The van der Waals surface area contributed by atoms with Crippen LogP contribution in [0.15, 0.2) is 17.4 Å². The molecule has 144 valence electrons. The maximum absolute atomic E-state index is 12.8. The SMILES string of the molecule is CCNC(=NCc1nccn1C(F)F)NCCCC1CCCCC1.I. The molecule has 0 spiro atoms. The number of nitrogens with one attached hydrogen (secondary N) is 2. The molecule has 2 N–H and O–H groups in total. The van der Waals surface area contributed by atoms with Crippen molar-refractivity contribution >= 4 is 29.9 Å². The molecule has 1 aliphatic carbocycles. The predicted molar refractivity (Wildman–Crippen MR) is 108 cm³/mol. The number of hydrogen-bond donors (Lipinski definition) is 2. The van der Waals surface area contributed by atoms with E-state index in [2.05, 4.69) is 20.6 Å². The lowest BCUT2D eigenvalue weighted by molar-refractivity contribution is 0.0671. The zero-order valence-corrected chi connectivity index (χ0v) is 17.2. The molecule has 1 saturated carbocycles. The number of rotatable bonds is 8. The Balaban J connectivity index is 0.00000312. The number of guanidine groups is 1. The highest BCUT2D eigenvalue weighted by Crippen LogP contribution is 2.26. The van der Waals surface area contributed by atoms with Crippen molar-refractivity contribution in [1.82, 2.24) is 20.2 Å². The summed E-state index contributed by atoms with van der Waals surface area (Å²) in [5, 5.41) is 6.43. The number of hydrogen-bond acceptors (Lipinski definition) is 2. The maximum Gasteiger partial charge on any atom is 0.319 e. The number of alkyl halides is 2. The van der Waals surface area contributed by atoms with Gasteiger partial charge in [0.05, 0.1) is 0 Å². The van der Waals surface area contributed by atoms with Crippen molar-refractivity contribution in [3.63, 3.8) is 0 Å². The van der Waals surface area contributed by atoms with Crippen LogP contribution in [-0.4, -0.2) is 28.6 Å². The molecule has 1 aromatic rings. The Labute approximate surface area is 166 Å². The van der Waals surface area contributed by atoms with Crippen molar-refractivity contribution in [2.75, 3.05) is 13.1 Å². The van der Waals surface area contributed by atoms with E-state index < -0.39 is 6.55 Å². The first-order valence-electron chi connectivity index (χ1n) is 9.02. The summed E-state index contributed by atoms with van der Waals surface area (Å²) in [4.78, 5) is 8.31. The van der Waals surface area contributed by atoms with Crippen LogP contribution in [-0.2, 0) is 6.54 Å². The van der Waals surface area contributed by atoms with Gasteiger partial charge >= 0.3 is 6.55 Å². The van der Waals surface area contributed by atoms with Crippen LogP contribution in [0.3, 0.4) is 0 Å². The van der Waals surface area contributed by atoms with E-state index >= 15 is 0 Å². The van der Waals surface area contributed by atoms with Gasteiger partial charge < -0.3 is 10.6 Å². The summed E-state index contributed by atoms with van der Waals surface area (Å²) < 4.78 is 26.4. The number of aliphatic imine (C=N–C) groups is 1. The molecule has 8 heteroatoms. The van der Waals surface area contributed by atoms with Crippen molar-refractivity contribution < 1.29 is 8.78 Å². The normalized spacial score (nSPS) is 15.9. The van der Waals surface area contributed by atoms with Gasteiger partial charge in [-0.1, -0.05) is 32.1 Å². The summed E-state index contributed by atoms with van der Waals surface area (Å²) in [5.41, 5.74) is 0. The van der Waals surface area contributed by atoms with Crippen molar-refractivity contribution in [3.8, 4) is 0 Å². The molecule has 0 amide bonds. The van der Waals surface area contributed by atoms with Crippen molar-refractivity contribution in [2.24, 2.45) is 10.9 Å². The minimum absolute atomic E-state index is 0. The van der Waals surface area contributed by atoms with Gasteiger partial charge in [-0.15, -0.1) is 24.0 Å². The Hall–Kier alpha value is -0.930. The molecule has 0 radical (unpaired) electrons. The van der Waals surface area contributed by atoms with Gasteiger partial charge in [0.1, 0.15) is 12.4 Å². The second-order valence-corrected chi connectivity index (χ2v) is 6.30. The van der Waals surface area contributed by atoms with Gasteiger partial charge in [-0.05, 0) is 25.7 Å². The molecule has 0 aromatic carbocycles. The Morgan fingerprint density at radius 2 is 2.08 bits per heavy atom. The van der Waals surface area contributed by atoms with Gasteiger partial charge in [-0.3, -0.25) is 4.57 Å².